The number of piperazine rings is 1. The lowest BCUT2D eigenvalue weighted by Crippen LogP contribution is -2.47. The molecule has 2 aliphatic heterocycles. The number of nitrogens with zero attached hydrogens (tertiary/aromatic N) is 3. The zero-order valence-electron chi connectivity index (χ0n) is 18.5. The van der Waals surface area contributed by atoms with Gasteiger partial charge in [0.05, 0.1) is 11.3 Å². The number of anilines is 1. The minimum atomic E-state index is -0.247. The van der Waals surface area contributed by atoms with Crippen molar-refractivity contribution in [3.05, 3.63) is 83.6 Å². The number of hydrogen-bond donors (Lipinski definition) is 0. The number of fused-ring (bicyclic) bond motifs is 1. The van der Waals surface area contributed by atoms with E-state index in [4.69, 9.17) is 0 Å². The minimum absolute atomic E-state index is 0.230. The molecule has 0 bridgehead atoms. The highest BCUT2D eigenvalue weighted by molar-refractivity contribution is 6.46. The van der Waals surface area contributed by atoms with Crippen LogP contribution in [0.1, 0.15) is 18.1 Å². The Kier molecular flexibility index (Phi) is 5.27. The number of amides is 2. The summed E-state index contributed by atoms with van der Waals surface area (Å²) in [5.41, 5.74) is 3.60. The maximum atomic E-state index is 13.9. The van der Waals surface area contributed by atoms with E-state index in [2.05, 4.69) is 16.7 Å². The summed E-state index contributed by atoms with van der Waals surface area (Å²) in [4.78, 5) is 33.5. The summed E-state index contributed by atoms with van der Waals surface area (Å²) < 4.78 is 0. The van der Waals surface area contributed by atoms with Crippen LogP contribution in [-0.2, 0) is 9.59 Å². The fourth-order valence-electron chi connectivity index (χ4n) is 4.70. The van der Waals surface area contributed by atoms with Gasteiger partial charge in [-0.1, -0.05) is 73.2 Å². The largest absolute Gasteiger partial charge is 0.364 e. The second kappa shape index (κ2) is 8.24. The number of benzene rings is 3. The molecule has 2 heterocycles. The Morgan fingerprint density at radius 2 is 1.47 bits per heavy atom. The Hall–Kier alpha value is -3.44. The van der Waals surface area contributed by atoms with Crippen molar-refractivity contribution in [1.29, 1.82) is 0 Å². The van der Waals surface area contributed by atoms with E-state index in [1.165, 1.54) is 4.90 Å². The molecule has 5 rings (SSSR count). The molecule has 3 aromatic carbocycles. The minimum Gasteiger partial charge on any atom is -0.364 e. The van der Waals surface area contributed by atoms with Gasteiger partial charge in [0, 0.05) is 31.6 Å². The number of imide groups is 1. The van der Waals surface area contributed by atoms with Gasteiger partial charge >= 0.3 is 0 Å². The Morgan fingerprint density at radius 1 is 0.781 bits per heavy atom. The van der Waals surface area contributed by atoms with Gasteiger partial charge in [0.1, 0.15) is 5.70 Å². The molecule has 0 spiro atoms. The van der Waals surface area contributed by atoms with Gasteiger partial charge in [-0.25, -0.2) is 4.90 Å². The van der Waals surface area contributed by atoms with E-state index in [1.807, 2.05) is 73.7 Å². The van der Waals surface area contributed by atoms with Gasteiger partial charge in [0.25, 0.3) is 11.8 Å². The third kappa shape index (κ3) is 3.39. The molecule has 2 amide bonds. The van der Waals surface area contributed by atoms with Gasteiger partial charge in [0.15, 0.2) is 0 Å². The molecule has 5 heteroatoms. The number of likely N-dealkylation sites (N-methyl/N-ethyl adjacent to an activating group) is 1. The molecule has 0 unspecified atom stereocenters. The molecule has 1 fully saturated rings. The maximum Gasteiger partial charge on any atom is 0.282 e. The maximum absolute atomic E-state index is 13.9. The molecular weight excluding hydrogens is 398 g/mol. The van der Waals surface area contributed by atoms with Crippen LogP contribution in [-0.4, -0.2) is 54.3 Å². The van der Waals surface area contributed by atoms with Crippen LogP contribution < -0.4 is 4.90 Å². The summed E-state index contributed by atoms with van der Waals surface area (Å²) in [7, 11) is 0. The SMILES string of the molecule is CCN1CCN(C2=C(c3ccc(C)cc3)C(=O)N(c3cccc4ccccc34)C2=O)CC1. The molecule has 3 aromatic rings. The summed E-state index contributed by atoms with van der Waals surface area (Å²) in [6, 6.07) is 21.5. The van der Waals surface area contributed by atoms with Gasteiger partial charge < -0.3 is 9.80 Å². The fraction of sp³-hybridized carbons (Fsp3) is 0.259. The molecular formula is C27H27N3O2. The zero-order valence-corrected chi connectivity index (χ0v) is 18.5. The molecule has 0 atom stereocenters. The van der Waals surface area contributed by atoms with E-state index < -0.39 is 0 Å². The van der Waals surface area contributed by atoms with Crippen LogP contribution in [0.4, 0.5) is 5.69 Å². The van der Waals surface area contributed by atoms with Crippen LogP contribution >= 0.6 is 0 Å². The summed E-state index contributed by atoms with van der Waals surface area (Å²) >= 11 is 0. The standard InChI is InChI=1S/C27H27N3O2/c1-3-28-15-17-29(18-16-28)25-24(21-13-11-19(2)12-14-21)26(31)30(27(25)32)23-10-6-8-20-7-4-5-9-22(20)23/h4-14H,3,15-18H2,1-2H3. The van der Waals surface area contributed by atoms with Crippen molar-refractivity contribution in [2.75, 3.05) is 37.6 Å². The molecule has 1 saturated heterocycles. The quantitative estimate of drug-likeness (QED) is 0.591. The fourth-order valence-corrected chi connectivity index (χ4v) is 4.70. The average molecular weight is 426 g/mol. The first-order valence-corrected chi connectivity index (χ1v) is 11.2. The predicted octanol–water partition coefficient (Wildman–Crippen LogP) is 4.07. The van der Waals surface area contributed by atoms with Gasteiger partial charge in [-0.15, -0.1) is 0 Å². The highest BCUT2D eigenvalue weighted by Gasteiger charge is 2.43. The van der Waals surface area contributed by atoms with E-state index in [9.17, 15) is 9.59 Å². The predicted molar refractivity (Wildman–Crippen MR) is 128 cm³/mol. The lowest BCUT2D eigenvalue weighted by molar-refractivity contribution is -0.120. The number of carbonyl (C=O) groups is 2. The van der Waals surface area contributed by atoms with Crippen molar-refractivity contribution in [2.24, 2.45) is 0 Å². The van der Waals surface area contributed by atoms with Crippen molar-refractivity contribution >= 4 is 33.8 Å². The Bertz CT molecular complexity index is 1220. The smallest absolute Gasteiger partial charge is 0.282 e. The number of hydrogen-bond acceptors (Lipinski definition) is 4. The number of rotatable bonds is 4. The third-order valence-electron chi connectivity index (χ3n) is 6.54. The van der Waals surface area contributed by atoms with Crippen molar-refractivity contribution in [1.82, 2.24) is 9.80 Å². The summed E-state index contributed by atoms with van der Waals surface area (Å²) in [6.07, 6.45) is 0. The van der Waals surface area contributed by atoms with E-state index >= 15 is 0 Å². The first kappa shape index (κ1) is 20.5. The lowest BCUT2D eigenvalue weighted by Gasteiger charge is -2.36. The molecule has 0 radical (unpaired) electrons. The first-order valence-electron chi connectivity index (χ1n) is 11.2. The molecule has 0 saturated carbocycles. The van der Waals surface area contributed by atoms with Gasteiger partial charge in [-0.05, 0) is 30.5 Å². The number of carbonyl (C=O) groups excluding carboxylic acids is 2. The van der Waals surface area contributed by atoms with Gasteiger partial charge in [0.2, 0.25) is 0 Å². The second-order valence-electron chi connectivity index (χ2n) is 8.45. The van der Waals surface area contributed by atoms with E-state index in [0.29, 0.717) is 17.0 Å². The van der Waals surface area contributed by atoms with E-state index in [1.54, 1.807) is 0 Å². The monoisotopic (exact) mass is 425 g/mol. The van der Waals surface area contributed by atoms with Crippen molar-refractivity contribution in [3.63, 3.8) is 0 Å². The highest BCUT2D eigenvalue weighted by atomic mass is 16.2. The normalized spacial score (nSPS) is 17.7. The average Bonchev–Trinajstić information content (AvgIpc) is 3.09. The van der Waals surface area contributed by atoms with E-state index in [0.717, 1.165) is 54.6 Å². The second-order valence-corrected chi connectivity index (χ2v) is 8.45. The number of aryl methyl sites for hydroxylation is 1. The molecule has 32 heavy (non-hydrogen) atoms. The highest BCUT2D eigenvalue weighted by Crippen LogP contribution is 2.38. The molecule has 162 valence electrons. The summed E-state index contributed by atoms with van der Waals surface area (Å²) in [5.74, 6) is -0.477. The van der Waals surface area contributed by atoms with Crippen LogP contribution in [0.15, 0.2) is 72.4 Å². The van der Waals surface area contributed by atoms with Gasteiger partial charge in [-0.2, -0.15) is 0 Å². The first-order chi connectivity index (χ1) is 15.6. The van der Waals surface area contributed by atoms with E-state index in [-0.39, 0.29) is 11.8 Å². The molecule has 0 N–H and O–H groups in total. The molecule has 0 aliphatic carbocycles. The summed E-state index contributed by atoms with van der Waals surface area (Å²) in [6.45, 7) is 8.41. The Labute approximate surface area is 188 Å². The third-order valence-corrected chi connectivity index (χ3v) is 6.54. The Morgan fingerprint density at radius 3 is 2.19 bits per heavy atom. The lowest BCUT2D eigenvalue weighted by atomic mass is 10.0. The molecule has 5 nitrogen and oxygen atoms in total. The van der Waals surface area contributed by atoms with Crippen LogP contribution in [0.25, 0.3) is 16.3 Å². The molecule has 2 aliphatic rings. The zero-order chi connectivity index (χ0) is 22.2. The van der Waals surface area contributed by atoms with Crippen LogP contribution in [0.5, 0.6) is 0 Å². The van der Waals surface area contributed by atoms with Crippen LogP contribution in [0, 0.1) is 6.92 Å². The van der Waals surface area contributed by atoms with Crippen molar-refractivity contribution in [2.45, 2.75) is 13.8 Å². The Balaban J connectivity index is 1.62. The molecule has 0 aromatic heterocycles. The van der Waals surface area contributed by atoms with Crippen molar-refractivity contribution < 1.29 is 9.59 Å². The van der Waals surface area contributed by atoms with Crippen LogP contribution in [0.2, 0.25) is 0 Å². The van der Waals surface area contributed by atoms with Crippen LogP contribution in [0.3, 0.4) is 0 Å². The summed E-state index contributed by atoms with van der Waals surface area (Å²) in [5, 5.41) is 1.91. The topological polar surface area (TPSA) is 43.9 Å². The van der Waals surface area contributed by atoms with Gasteiger partial charge in [-0.3, -0.25) is 9.59 Å². The van der Waals surface area contributed by atoms with Crippen molar-refractivity contribution in [3.8, 4) is 0 Å².